The Kier molecular flexibility index (Phi) is 3.49. The molecule has 2 rings (SSSR count). The largest absolute Gasteiger partial charge is 0.313 e. The second-order valence-corrected chi connectivity index (χ2v) is 4.21. The molecule has 3 heteroatoms. The van der Waals surface area contributed by atoms with Gasteiger partial charge in [0.15, 0.2) is 0 Å². The van der Waals surface area contributed by atoms with Crippen molar-refractivity contribution in [3.63, 3.8) is 0 Å². The zero-order valence-electron chi connectivity index (χ0n) is 10.5. The molecule has 0 bridgehead atoms. The first-order valence-corrected chi connectivity index (χ1v) is 5.75. The molecular formula is C14H17N3. The number of benzene rings is 1. The standard InChI is InChI=1S/C14H17N3/c1-10-4-5-12(11(2)8-10)13-6-7-16-14(17-13)9-15-3/h4-8,15H,9H2,1-3H3. The Balaban J connectivity index is 2.42. The van der Waals surface area contributed by atoms with E-state index in [0.717, 1.165) is 11.5 Å². The fourth-order valence-corrected chi connectivity index (χ4v) is 1.89. The van der Waals surface area contributed by atoms with E-state index in [4.69, 9.17) is 0 Å². The molecule has 0 radical (unpaired) electrons. The molecule has 0 aliphatic rings. The quantitative estimate of drug-likeness (QED) is 0.875. The van der Waals surface area contributed by atoms with Gasteiger partial charge in [0.05, 0.1) is 12.2 Å². The zero-order valence-corrected chi connectivity index (χ0v) is 10.5. The lowest BCUT2D eigenvalue weighted by Crippen LogP contribution is -2.09. The molecular weight excluding hydrogens is 210 g/mol. The smallest absolute Gasteiger partial charge is 0.142 e. The van der Waals surface area contributed by atoms with Crippen molar-refractivity contribution in [3.05, 3.63) is 47.4 Å². The fraction of sp³-hybridized carbons (Fsp3) is 0.286. The predicted molar refractivity (Wildman–Crippen MR) is 69.7 cm³/mol. The van der Waals surface area contributed by atoms with Crippen LogP contribution in [0.4, 0.5) is 0 Å². The molecule has 0 aliphatic carbocycles. The summed E-state index contributed by atoms with van der Waals surface area (Å²) in [4.78, 5) is 8.78. The van der Waals surface area contributed by atoms with E-state index in [1.807, 2.05) is 19.3 Å². The summed E-state index contributed by atoms with van der Waals surface area (Å²) in [6.45, 7) is 4.91. The summed E-state index contributed by atoms with van der Waals surface area (Å²) >= 11 is 0. The maximum atomic E-state index is 4.55. The van der Waals surface area contributed by atoms with Gasteiger partial charge in [-0.25, -0.2) is 9.97 Å². The van der Waals surface area contributed by atoms with Gasteiger partial charge in [-0.2, -0.15) is 0 Å². The van der Waals surface area contributed by atoms with Crippen molar-refractivity contribution >= 4 is 0 Å². The van der Waals surface area contributed by atoms with Crippen molar-refractivity contribution in [1.82, 2.24) is 15.3 Å². The first kappa shape index (κ1) is 11.7. The van der Waals surface area contributed by atoms with E-state index in [9.17, 15) is 0 Å². The van der Waals surface area contributed by atoms with Crippen molar-refractivity contribution in [2.45, 2.75) is 20.4 Å². The minimum Gasteiger partial charge on any atom is -0.313 e. The Bertz CT molecular complexity index is 521. The highest BCUT2D eigenvalue weighted by Crippen LogP contribution is 2.21. The maximum absolute atomic E-state index is 4.55. The van der Waals surface area contributed by atoms with Gasteiger partial charge >= 0.3 is 0 Å². The third-order valence-electron chi connectivity index (χ3n) is 2.70. The molecule has 1 aromatic heterocycles. The molecule has 2 aromatic rings. The van der Waals surface area contributed by atoms with Crippen molar-refractivity contribution < 1.29 is 0 Å². The molecule has 0 aliphatic heterocycles. The van der Waals surface area contributed by atoms with Gasteiger partial charge in [-0.1, -0.05) is 23.8 Å². The molecule has 0 unspecified atom stereocenters. The molecule has 0 fully saturated rings. The SMILES string of the molecule is CNCc1nccc(-c2ccc(C)cc2C)n1. The van der Waals surface area contributed by atoms with Crippen LogP contribution in [-0.4, -0.2) is 17.0 Å². The first-order valence-electron chi connectivity index (χ1n) is 5.75. The Hall–Kier alpha value is -1.74. The van der Waals surface area contributed by atoms with Crippen LogP contribution >= 0.6 is 0 Å². The lowest BCUT2D eigenvalue weighted by Gasteiger charge is -2.07. The predicted octanol–water partition coefficient (Wildman–Crippen LogP) is 2.48. The molecule has 0 atom stereocenters. The van der Waals surface area contributed by atoms with E-state index in [2.05, 4.69) is 47.3 Å². The highest BCUT2D eigenvalue weighted by molar-refractivity contribution is 5.63. The summed E-state index contributed by atoms with van der Waals surface area (Å²) in [5.74, 6) is 0.824. The highest BCUT2D eigenvalue weighted by Gasteiger charge is 2.04. The minimum atomic E-state index is 0.693. The Morgan fingerprint density at radius 3 is 2.71 bits per heavy atom. The van der Waals surface area contributed by atoms with Crippen LogP contribution in [-0.2, 0) is 6.54 Å². The number of hydrogen-bond donors (Lipinski definition) is 1. The summed E-state index contributed by atoms with van der Waals surface area (Å²) in [7, 11) is 1.90. The summed E-state index contributed by atoms with van der Waals surface area (Å²) in [6, 6.07) is 8.37. The van der Waals surface area contributed by atoms with Crippen LogP contribution in [0.25, 0.3) is 11.3 Å². The molecule has 17 heavy (non-hydrogen) atoms. The lowest BCUT2D eigenvalue weighted by atomic mass is 10.0. The molecule has 0 amide bonds. The summed E-state index contributed by atoms with van der Waals surface area (Å²) in [5.41, 5.74) is 4.69. The van der Waals surface area contributed by atoms with Crippen molar-refractivity contribution in [2.75, 3.05) is 7.05 Å². The van der Waals surface area contributed by atoms with Crippen LogP contribution in [0.15, 0.2) is 30.5 Å². The minimum absolute atomic E-state index is 0.693. The Morgan fingerprint density at radius 2 is 2.00 bits per heavy atom. The molecule has 1 heterocycles. The summed E-state index contributed by atoms with van der Waals surface area (Å²) in [6.07, 6.45) is 1.81. The normalized spacial score (nSPS) is 10.5. The second kappa shape index (κ2) is 5.06. The van der Waals surface area contributed by atoms with E-state index in [1.165, 1.54) is 16.7 Å². The van der Waals surface area contributed by atoms with Crippen LogP contribution in [0.3, 0.4) is 0 Å². The summed E-state index contributed by atoms with van der Waals surface area (Å²) < 4.78 is 0. The number of aromatic nitrogens is 2. The number of rotatable bonds is 3. The van der Waals surface area contributed by atoms with Crippen molar-refractivity contribution in [2.24, 2.45) is 0 Å². The fourth-order valence-electron chi connectivity index (χ4n) is 1.89. The van der Waals surface area contributed by atoms with Crippen molar-refractivity contribution in [3.8, 4) is 11.3 Å². The van der Waals surface area contributed by atoms with Crippen molar-refractivity contribution in [1.29, 1.82) is 0 Å². The molecule has 0 saturated carbocycles. The van der Waals surface area contributed by atoms with Gasteiger partial charge in [0.1, 0.15) is 5.82 Å². The second-order valence-electron chi connectivity index (χ2n) is 4.21. The average Bonchev–Trinajstić information content (AvgIpc) is 2.29. The number of nitrogens with one attached hydrogen (secondary N) is 1. The van der Waals surface area contributed by atoms with E-state index in [0.29, 0.717) is 6.54 Å². The van der Waals surface area contributed by atoms with Gasteiger partial charge in [0.2, 0.25) is 0 Å². The molecule has 1 aromatic carbocycles. The highest BCUT2D eigenvalue weighted by atomic mass is 14.9. The monoisotopic (exact) mass is 227 g/mol. The van der Waals surface area contributed by atoms with E-state index < -0.39 is 0 Å². The molecule has 0 saturated heterocycles. The first-order chi connectivity index (χ1) is 8.20. The molecule has 1 N–H and O–H groups in total. The molecule has 0 spiro atoms. The van der Waals surface area contributed by atoms with Gasteiger partial charge in [-0.15, -0.1) is 0 Å². The topological polar surface area (TPSA) is 37.8 Å². The number of hydrogen-bond acceptors (Lipinski definition) is 3. The Labute approximate surface area is 102 Å². The summed E-state index contributed by atoms with van der Waals surface area (Å²) in [5, 5.41) is 3.06. The van der Waals surface area contributed by atoms with E-state index in [-0.39, 0.29) is 0 Å². The molecule has 3 nitrogen and oxygen atoms in total. The third-order valence-corrected chi connectivity index (χ3v) is 2.70. The maximum Gasteiger partial charge on any atom is 0.142 e. The Morgan fingerprint density at radius 1 is 1.18 bits per heavy atom. The average molecular weight is 227 g/mol. The van der Waals surface area contributed by atoms with Crippen LogP contribution in [0.2, 0.25) is 0 Å². The van der Waals surface area contributed by atoms with Crippen LogP contribution < -0.4 is 5.32 Å². The zero-order chi connectivity index (χ0) is 12.3. The van der Waals surface area contributed by atoms with E-state index in [1.54, 1.807) is 0 Å². The van der Waals surface area contributed by atoms with Crippen LogP contribution in [0.5, 0.6) is 0 Å². The van der Waals surface area contributed by atoms with Crippen LogP contribution in [0, 0.1) is 13.8 Å². The third kappa shape index (κ3) is 2.68. The van der Waals surface area contributed by atoms with Gasteiger partial charge in [-0.3, -0.25) is 0 Å². The lowest BCUT2D eigenvalue weighted by molar-refractivity contribution is 0.759. The van der Waals surface area contributed by atoms with Gasteiger partial charge < -0.3 is 5.32 Å². The van der Waals surface area contributed by atoms with Gasteiger partial charge in [0, 0.05) is 11.8 Å². The van der Waals surface area contributed by atoms with E-state index >= 15 is 0 Å². The molecule has 88 valence electrons. The van der Waals surface area contributed by atoms with Gasteiger partial charge in [0.25, 0.3) is 0 Å². The number of nitrogens with zero attached hydrogens (tertiary/aromatic N) is 2. The van der Waals surface area contributed by atoms with Crippen LogP contribution in [0.1, 0.15) is 17.0 Å². The number of aryl methyl sites for hydroxylation is 2. The van der Waals surface area contributed by atoms with Gasteiger partial charge in [-0.05, 0) is 32.5 Å².